The topological polar surface area (TPSA) is 69.1 Å². The zero-order chi connectivity index (χ0) is 9.02. The van der Waals surface area contributed by atoms with Gasteiger partial charge in [0.05, 0.1) is 6.04 Å². The van der Waals surface area contributed by atoms with Crippen LogP contribution in [0.1, 0.15) is 20.3 Å². The first-order chi connectivity index (χ1) is 4.95. The van der Waals surface area contributed by atoms with Crippen LogP contribution >= 0.6 is 12.6 Å². The van der Waals surface area contributed by atoms with Crippen molar-refractivity contribution in [2.75, 3.05) is 0 Å². The summed E-state index contributed by atoms with van der Waals surface area (Å²) in [6.45, 7) is 3.87. The Bertz CT molecular complexity index is 138. The van der Waals surface area contributed by atoms with Crippen LogP contribution in [0.3, 0.4) is 0 Å². The summed E-state index contributed by atoms with van der Waals surface area (Å²) in [6, 6.07) is -0.537. The maximum absolute atomic E-state index is 10.6. The highest BCUT2D eigenvalue weighted by molar-refractivity contribution is 7.80. The minimum atomic E-state index is -0.537. The molecule has 0 aromatic rings. The van der Waals surface area contributed by atoms with Gasteiger partial charge in [-0.2, -0.15) is 12.6 Å². The van der Waals surface area contributed by atoms with Gasteiger partial charge < -0.3 is 11.5 Å². The van der Waals surface area contributed by atoms with E-state index in [2.05, 4.69) is 12.6 Å². The normalized spacial score (nSPS) is 18.9. The smallest absolute Gasteiger partial charge is 0.234 e. The Morgan fingerprint density at radius 2 is 2.00 bits per heavy atom. The van der Waals surface area contributed by atoms with E-state index in [9.17, 15) is 4.79 Å². The SMILES string of the molecule is CC(S)CC(C)C(N)C(N)=O. The summed E-state index contributed by atoms with van der Waals surface area (Å²) >= 11 is 4.19. The molecule has 4 heteroatoms. The number of rotatable bonds is 4. The second kappa shape index (κ2) is 4.62. The highest BCUT2D eigenvalue weighted by Crippen LogP contribution is 2.12. The molecule has 0 saturated carbocycles. The van der Waals surface area contributed by atoms with Crippen LogP contribution in [0, 0.1) is 5.92 Å². The molecule has 0 bridgehead atoms. The van der Waals surface area contributed by atoms with Gasteiger partial charge in [0.1, 0.15) is 0 Å². The number of hydrogen-bond donors (Lipinski definition) is 3. The first-order valence-corrected chi connectivity index (χ1v) is 4.19. The molecule has 11 heavy (non-hydrogen) atoms. The molecule has 0 aliphatic rings. The number of primary amides is 1. The molecule has 66 valence electrons. The second-order valence-corrected chi connectivity index (χ2v) is 3.87. The molecule has 0 rings (SSSR count). The van der Waals surface area contributed by atoms with Gasteiger partial charge in [0.2, 0.25) is 5.91 Å². The molecule has 0 aliphatic carbocycles. The summed E-state index contributed by atoms with van der Waals surface area (Å²) in [5.41, 5.74) is 10.5. The van der Waals surface area contributed by atoms with Gasteiger partial charge in [0.15, 0.2) is 0 Å². The Morgan fingerprint density at radius 1 is 1.55 bits per heavy atom. The lowest BCUT2D eigenvalue weighted by Crippen LogP contribution is -2.42. The molecular formula is C7H16N2OS. The van der Waals surface area contributed by atoms with E-state index in [4.69, 9.17) is 11.5 Å². The first-order valence-electron chi connectivity index (χ1n) is 3.68. The molecule has 0 aromatic heterocycles. The lowest BCUT2D eigenvalue weighted by atomic mass is 9.97. The summed E-state index contributed by atoms with van der Waals surface area (Å²) in [6.07, 6.45) is 0.813. The largest absolute Gasteiger partial charge is 0.368 e. The fourth-order valence-electron chi connectivity index (χ4n) is 0.965. The van der Waals surface area contributed by atoms with Crippen LogP contribution in [0.4, 0.5) is 0 Å². The van der Waals surface area contributed by atoms with Gasteiger partial charge in [0, 0.05) is 0 Å². The molecule has 0 heterocycles. The van der Waals surface area contributed by atoms with Crippen molar-refractivity contribution in [2.45, 2.75) is 31.6 Å². The van der Waals surface area contributed by atoms with Crippen molar-refractivity contribution in [2.24, 2.45) is 17.4 Å². The lowest BCUT2D eigenvalue weighted by molar-refractivity contribution is -0.120. The van der Waals surface area contributed by atoms with Gasteiger partial charge in [-0.05, 0) is 17.6 Å². The second-order valence-electron chi connectivity index (χ2n) is 2.99. The molecule has 0 saturated heterocycles. The highest BCUT2D eigenvalue weighted by atomic mass is 32.1. The van der Waals surface area contributed by atoms with Crippen molar-refractivity contribution in [1.82, 2.24) is 0 Å². The van der Waals surface area contributed by atoms with E-state index in [0.29, 0.717) is 0 Å². The maximum atomic E-state index is 10.6. The van der Waals surface area contributed by atoms with Crippen molar-refractivity contribution in [1.29, 1.82) is 0 Å². The molecular weight excluding hydrogens is 160 g/mol. The van der Waals surface area contributed by atoms with Crippen molar-refractivity contribution in [3.05, 3.63) is 0 Å². The summed E-state index contributed by atoms with van der Waals surface area (Å²) in [4.78, 5) is 10.6. The van der Waals surface area contributed by atoms with Gasteiger partial charge in [0.25, 0.3) is 0 Å². The van der Waals surface area contributed by atoms with Gasteiger partial charge in [-0.25, -0.2) is 0 Å². The molecule has 3 atom stereocenters. The van der Waals surface area contributed by atoms with E-state index in [-0.39, 0.29) is 11.2 Å². The van der Waals surface area contributed by atoms with Gasteiger partial charge in [-0.15, -0.1) is 0 Å². The van der Waals surface area contributed by atoms with Crippen LogP contribution < -0.4 is 11.5 Å². The van der Waals surface area contributed by atoms with Gasteiger partial charge in [-0.1, -0.05) is 13.8 Å². The fraction of sp³-hybridized carbons (Fsp3) is 0.857. The average molecular weight is 176 g/mol. The Labute approximate surface area is 72.9 Å². The number of carbonyl (C=O) groups is 1. The standard InChI is InChI=1S/C7H16N2OS/c1-4(3-5(2)11)6(8)7(9)10/h4-6,11H,3,8H2,1-2H3,(H2,9,10). The monoisotopic (exact) mass is 176 g/mol. The minimum absolute atomic E-state index is 0.111. The molecule has 3 unspecified atom stereocenters. The number of carbonyl (C=O) groups excluding carboxylic acids is 1. The van der Waals surface area contributed by atoms with Gasteiger partial charge in [-0.3, -0.25) is 4.79 Å². The van der Waals surface area contributed by atoms with Crippen LogP contribution in [0.2, 0.25) is 0 Å². The van der Waals surface area contributed by atoms with E-state index < -0.39 is 11.9 Å². The maximum Gasteiger partial charge on any atom is 0.234 e. The van der Waals surface area contributed by atoms with E-state index in [1.54, 1.807) is 0 Å². The van der Waals surface area contributed by atoms with Crippen LogP contribution in [0.5, 0.6) is 0 Å². The third-order valence-corrected chi connectivity index (χ3v) is 1.87. The van der Waals surface area contributed by atoms with E-state index in [1.165, 1.54) is 0 Å². The zero-order valence-corrected chi connectivity index (χ0v) is 7.84. The Morgan fingerprint density at radius 3 is 2.27 bits per heavy atom. The van der Waals surface area contributed by atoms with Crippen molar-refractivity contribution >= 4 is 18.5 Å². The molecule has 0 spiro atoms. The van der Waals surface area contributed by atoms with Crippen LogP contribution in [0.15, 0.2) is 0 Å². The van der Waals surface area contributed by atoms with Gasteiger partial charge >= 0.3 is 0 Å². The number of hydrogen-bond acceptors (Lipinski definition) is 3. The van der Waals surface area contributed by atoms with Crippen molar-refractivity contribution < 1.29 is 4.79 Å². The average Bonchev–Trinajstić information content (AvgIpc) is 1.84. The predicted molar refractivity (Wildman–Crippen MR) is 49.4 cm³/mol. The molecule has 0 fully saturated rings. The zero-order valence-electron chi connectivity index (χ0n) is 6.95. The Kier molecular flexibility index (Phi) is 4.52. The van der Waals surface area contributed by atoms with E-state index >= 15 is 0 Å². The summed E-state index contributed by atoms with van der Waals surface area (Å²) in [7, 11) is 0. The Balaban J connectivity index is 3.82. The van der Waals surface area contributed by atoms with Crippen LogP contribution in [-0.4, -0.2) is 17.2 Å². The number of amides is 1. The lowest BCUT2D eigenvalue weighted by Gasteiger charge is -2.17. The minimum Gasteiger partial charge on any atom is -0.368 e. The number of nitrogens with two attached hydrogens (primary N) is 2. The molecule has 0 radical (unpaired) electrons. The quantitative estimate of drug-likeness (QED) is 0.533. The van der Waals surface area contributed by atoms with Crippen molar-refractivity contribution in [3.8, 4) is 0 Å². The molecule has 0 aromatic carbocycles. The molecule has 3 nitrogen and oxygen atoms in total. The fourth-order valence-corrected chi connectivity index (χ4v) is 1.30. The van der Waals surface area contributed by atoms with E-state index in [0.717, 1.165) is 6.42 Å². The molecule has 1 amide bonds. The third-order valence-electron chi connectivity index (χ3n) is 1.65. The molecule has 4 N–H and O–H groups in total. The number of thiol groups is 1. The van der Waals surface area contributed by atoms with Crippen molar-refractivity contribution in [3.63, 3.8) is 0 Å². The summed E-state index contributed by atoms with van der Waals surface area (Å²) in [5.74, 6) is -0.327. The highest BCUT2D eigenvalue weighted by Gasteiger charge is 2.18. The summed E-state index contributed by atoms with van der Waals surface area (Å²) < 4.78 is 0. The third kappa shape index (κ3) is 4.27. The Hall–Kier alpha value is -0.220. The van der Waals surface area contributed by atoms with E-state index in [1.807, 2.05) is 13.8 Å². The predicted octanol–water partition coefficient (Wildman–Crippen LogP) is 0.143. The van der Waals surface area contributed by atoms with Crippen LogP contribution in [0.25, 0.3) is 0 Å². The molecule has 0 aliphatic heterocycles. The first kappa shape index (κ1) is 10.8. The summed E-state index contributed by atoms with van der Waals surface area (Å²) in [5, 5.41) is 0.260. The van der Waals surface area contributed by atoms with Crippen LogP contribution in [-0.2, 0) is 4.79 Å².